The lowest BCUT2D eigenvalue weighted by atomic mass is 9.76. The molecule has 0 amide bonds. The van der Waals surface area contributed by atoms with E-state index in [-0.39, 0.29) is 0 Å². The molecule has 0 aliphatic heterocycles. The van der Waals surface area contributed by atoms with Gasteiger partial charge in [-0.2, -0.15) is 0 Å². The van der Waals surface area contributed by atoms with Crippen LogP contribution in [-0.4, -0.2) is 39.5 Å². The molecule has 1 N–H and O–H groups in total. The summed E-state index contributed by atoms with van der Waals surface area (Å²) in [6.07, 6.45) is 3.43. The number of hydrogen-bond acceptors (Lipinski definition) is 3. The van der Waals surface area contributed by atoms with Crippen molar-refractivity contribution in [1.82, 2.24) is 5.32 Å². The zero-order chi connectivity index (χ0) is 14.2. The Bertz CT molecular complexity index is 394. The Labute approximate surface area is 126 Å². The van der Waals surface area contributed by atoms with Crippen molar-refractivity contribution < 1.29 is 9.47 Å². The molecular formula is C16H24ClNO2. The average molecular weight is 298 g/mol. The van der Waals surface area contributed by atoms with Crippen molar-refractivity contribution in [2.24, 2.45) is 0 Å². The minimum Gasteiger partial charge on any atom is -0.382 e. The van der Waals surface area contributed by atoms with Crippen molar-refractivity contribution >= 4 is 11.6 Å². The number of methoxy groups -OCH3 is 1. The van der Waals surface area contributed by atoms with Crippen molar-refractivity contribution in [3.05, 3.63) is 34.9 Å². The van der Waals surface area contributed by atoms with Gasteiger partial charge in [-0.1, -0.05) is 29.8 Å². The van der Waals surface area contributed by atoms with Crippen LogP contribution < -0.4 is 5.32 Å². The summed E-state index contributed by atoms with van der Waals surface area (Å²) in [4.78, 5) is 0. The van der Waals surface area contributed by atoms with E-state index >= 15 is 0 Å². The van der Waals surface area contributed by atoms with E-state index in [9.17, 15) is 0 Å². The van der Waals surface area contributed by atoms with E-state index < -0.39 is 0 Å². The molecule has 0 atom stereocenters. The topological polar surface area (TPSA) is 30.5 Å². The van der Waals surface area contributed by atoms with Gasteiger partial charge in [0.15, 0.2) is 0 Å². The van der Waals surface area contributed by atoms with Gasteiger partial charge in [0, 0.05) is 24.8 Å². The monoisotopic (exact) mass is 297 g/mol. The summed E-state index contributed by atoms with van der Waals surface area (Å²) < 4.78 is 10.4. The van der Waals surface area contributed by atoms with Crippen LogP contribution in [-0.2, 0) is 9.47 Å². The third-order valence-corrected chi connectivity index (χ3v) is 4.16. The lowest BCUT2D eigenvalue weighted by Crippen LogP contribution is -2.40. The second kappa shape index (κ2) is 8.63. The summed E-state index contributed by atoms with van der Waals surface area (Å²) in [6.45, 7) is 3.19. The first-order valence-corrected chi connectivity index (χ1v) is 7.73. The normalized spacial score (nSPS) is 21.7. The summed E-state index contributed by atoms with van der Waals surface area (Å²) in [6, 6.07) is 8.82. The summed E-state index contributed by atoms with van der Waals surface area (Å²) in [5.41, 5.74) is 1.30. The molecule has 112 valence electrons. The second-order valence-electron chi connectivity index (χ2n) is 5.30. The summed E-state index contributed by atoms with van der Waals surface area (Å²) in [5, 5.41) is 4.48. The summed E-state index contributed by atoms with van der Waals surface area (Å²) >= 11 is 6.22. The molecule has 0 radical (unpaired) electrons. The van der Waals surface area contributed by atoms with Crippen molar-refractivity contribution in [1.29, 1.82) is 0 Å². The van der Waals surface area contributed by atoms with Crippen LogP contribution in [0.3, 0.4) is 0 Å². The molecular weight excluding hydrogens is 274 g/mol. The van der Waals surface area contributed by atoms with Crippen LogP contribution >= 0.6 is 11.6 Å². The van der Waals surface area contributed by atoms with Gasteiger partial charge in [-0.25, -0.2) is 0 Å². The van der Waals surface area contributed by atoms with Gasteiger partial charge in [0.05, 0.1) is 13.2 Å². The molecule has 4 heteroatoms. The Kier molecular flexibility index (Phi) is 6.80. The highest BCUT2D eigenvalue weighted by Crippen LogP contribution is 2.39. The van der Waals surface area contributed by atoms with Crippen LogP contribution in [0.4, 0.5) is 0 Å². The van der Waals surface area contributed by atoms with Crippen molar-refractivity contribution in [3.8, 4) is 0 Å². The molecule has 1 aromatic rings. The number of ether oxygens (including phenoxy) is 2. The van der Waals surface area contributed by atoms with Gasteiger partial charge >= 0.3 is 0 Å². The van der Waals surface area contributed by atoms with E-state index in [2.05, 4.69) is 17.4 Å². The standard InChI is InChI=1S/C16H24ClNO2/c1-19-9-10-20-8-4-7-18-14-11-13(12-14)15-5-2-3-6-16(15)17/h2-3,5-6,13-14,18H,4,7-12H2,1H3. The first-order chi connectivity index (χ1) is 9.81. The fraction of sp³-hybridized carbons (Fsp3) is 0.625. The van der Waals surface area contributed by atoms with E-state index in [0.717, 1.165) is 24.6 Å². The molecule has 0 heterocycles. The molecule has 1 aliphatic carbocycles. The van der Waals surface area contributed by atoms with Gasteiger partial charge in [0.1, 0.15) is 0 Å². The zero-order valence-corrected chi connectivity index (χ0v) is 12.9. The maximum atomic E-state index is 6.22. The smallest absolute Gasteiger partial charge is 0.0700 e. The van der Waals surface area contributed by atoms with Crippen LogP contribution in [0.5, 0.6) is 0 Å². The van der Waals surface area contributed by atoms with E-state index in [1.54, 1.807) is 7.11 Å². The van der Waals surface area contributed by atoms with Crippen LogP contribution in [0.1, 0.15) is 30.7 Å². The maximum Gasteiger partial charge on any atom is 0.0700 e. The largest absolute Gasteiger partial charge is 0.382 e. The summed E-state index contributed by atoms with van der Waals surface area (Å²) in [7, 11) is 1.69. The number of hydrogen-bond donors (Lipinski definition) is 1. The Morgan fingerprint density at radius 3 is 2.75 bits per heavy atom. The molecule has 0 spiro atoms. The third kappa shape index (κ3) is 4.74. The van der Waals surface area contributed by atoms with Crippen molar-refractivity contribution in [2.45, 2.75) is 31.2 Å². The van der Waals surface area contributed by atoms with Gasteiger partial charge in [-0.05, 0) is 43.4 Å². The van der Waals surface area contributed by atoms with E-state index in [0.29, 0.717) is 25.2 Å². The molecule has 0 saturated heterocycles. The predicted molar refractivity (Wildman–Crippen MR) is 82.5 cm³/mol. The van der Waals surface area contributed by atoms with Crippen LogP contribution in [0.15, 0.2) is 24.3 Å². The molecule has 1 aliphatic rings. The van der Waals surface area contributed by atoms with Crippen LogP contribution in [0.25, 0.3) is 0 Å². The SMILES string of the molecule is COCCOCCCNC1CC(c2ccccc2Cl)C1. The zero-order valence-electron chi connectivity index (χ0n) is 12.1. The second-order valence-corrected chi connectivity index (χ2v) is 5.71. The Morgan fingerprint density at radius 1 is 1.20 bits per heavy atom. The van der Waals surface area contributed by atoms with Crippen LogP contribution in [0.2, 0.25) is 5.02 Å². The molecule has 1 aromatic carbocycles. The van der Waals surface area contributed by atoms with Crippen LogP contribution in [0, 0.1) is 0 Å². The van der Waals surface area contributed by atoms with Gasteiger partial charge in [-0.3, -0.25) is 0 Å². The van der Waals surface area contributed by atoms with E-state index in [1.807, 2.05) is 12.1 Å². The quantitative estimate of drug-likeness (QED) is 0.710. The average Bonchev–Trinajstić information content (AvgIpc) is 2.41. The Hall–Kier alpha value is -0.610. The predicted octanol–water partition coefficient (Wildman–Crippen LogP) is 3.23. The van der Waals surface area contributed by atoms with Crippen molar-refractivity contribution in [2.75, 3.05) is 33.5 Å². The number of nitrogens with one attached hydrogen (secondary N) is 1. The fourth-order valence-electron chi connectivity index (χ4n) is 2.57. The van der Waals surface area contributed by atoms with Gasteiger partial charge in [0.25, 0.3) is 0 Å². The Morgan fingerprint density at radius 2 is 2.00 bits per heavy atom. The molecule has 0 bridgehead atoms. The molecule has 2 rings (SSSR count). The van der Waals surface area contributed by atoms with Gasteiger partial charge < -0.3 is 14.8 Å². The van der Waals surface area contributed by atoms with Gasteiger partial charge in [-0.15, -0.1) is 0 Å². The highest BCUT2D eigenvalue weighted by atomic mass is 35.5. The maximum absolute atomic E-state index is 6.22. The first-order valence-electron chi connectivity index (χ1n) is 7.35. The minimum absolute atomic E-state index is 0.624. The summed E-state index contributed by atoms with van der Waals surface area (Å²) in [5.74, 6) is 0.624. The van der Waals surface area contributed by atoms with E-state index in [1.165, 1.54) is 18.4 Å². The number of halogens is 1. The lowest BCUT2D eigenvalue weighted by Gasteiger charge is -2.36. The van der Waals surface area contributed by atoms with Gasteiger partial charge in [0.2, 0.25) is 0 Å². The first kappa shape index (κ1) is 15.8. The lowest BCUT2D eigenvalue weighted by molar-refractivity contribution is 0.0688. The fourth-order valence-corrected chi connectivity index (χ4v) is 2.86. The number of rotatable bonds is 9. The van der Waals surface area contributed by atoms with E-state index in [4.69, 9.17) is 21.1 Å². The highest BCUT2D eigenvalue weighted by Gasteiger charge is 2.30. The molecule has 1 fully saturated rings. The minimum atomic E-state index is 0.624. The molecule has 0 aromatic heterocycles. The Balaban J connectivity index is 1.53. The highest BCUT2D eigenvalue weighted by molar-refractivity contribution is 6.31. The number of benzene rings is 1. The molecule has 0 unspecified atom stereocenters. The molecule has 3 nitrogen and oxygen atoms in total. The molecule has 20 heavy (non-hydrogen) atoms. The van der Waals surface area contributed by atoms with Crippen molar-refractivity contribution in [3.63, 3.8) is 0 Å². The molecule has 1 saturated carbocycles. The third-order valence-electron chi connectivity index (χ3n) is 3.81.